The molecule has 0 saturated carbocycles. The van der Waals surface area contributed by atoms with Gasteiger partial charge in [-0.25, -0.2) is 0 Å². The number of carbonyl (C=O) groups is 1. The molecule has 0 spiro atoms. The molecule has 3 aromatic heterocycles. The highest BCUT2D eigenvalue weighted by Crippen LogP contribution is 2.28. The number of aromatic nitrogens is 4. The molecule has 1 N–H and O–H groups in total. The molecule has 18 heavy (non-hydrogen) atoms. The van der Waals surface area contributed by atoms with Crippen LogP contribution in [0.25, 0.3) is 10.2 Å². The highest BCUT2D eigenvalue weighted by molar-refractivity contribution is 7.20. The van der Waals surface area contributed by atoms with Gasteiger partial charge in [0.15, 0.2) is 0 Å². The minimum atomic E-state index is -0.137. The van der Waals surface area contributed by atoms with E-state index in [1.807, 2.05) is 20.0 Å². The van der Waals surface area contributed by atoms with Gasteiger partial charge < -0.3 is 5.32 Å². The molecule has 0 saturated heterocycles. The van der Waals surface area contributed by atoms with Crippen molar-refractivity contribution in [3.63, 3.8) is 0 Å². The number of amides is 1. The monoisotopic (exact) mass is 279 g/mol. The van der Waals surface area contributed by atoms with Crippen molar-refractivity contribution in [1.29, 1.82) is 0 Å². The lowest BCUT2D eigenvalue weighted by Crippen LogP contribution is -2.08. The van der Waals surface area contributed by atoms with Crippen LogP contribution in [-0.2, 0) is 7.05 Å². The summed E-state index contributed by atoms with van der Waals surface area (Å²) in [7, 11) is 1.88. The third-order valence-electron chi connectivity index (χ3n) is 2.52. The van der Waals surface area contributed by atoms with Gasteiger partial charge in [-0.2, -0.15) is 5.10 Å². The van der Waals surface area contributed by atoms with Gasteiger partial charge in [0.2, 0.25) is 0 Å². The zero-order valence-corrected chi connectivity index (χ0v) is 11.3. The number of nitrogens with one attached hydrogen (secondary N) is 1. The van der Waals surface area contributed by atoms with E-state index in [0.717, 1.165) is 27.4 Å². The predicted molar refractivity (Wildman–Crippen MR) is 71.2 cm³/mol. The Kier molecular flexibility index (Phi) is 2.60. The third-order valence-corrected chi connectivity index (χ3v) is 4.30. The van der Waals surface area contributed by atoms with Crippen LogP contribution in [0.1, 0.15) is 15.4 Å². The minimum Gasteiger partial charge on any atom is -0.310 e. The SMILES string of the molecule is Cc1nn(C)c2sc(C(=O)Nc3cnns3)cc12. The van der Waals surface area contributed by atoms with Crippen LogP contribution in [0, 0.1) is 6.92 Å². The first-order valence-corrected chi connectivity index (χ1v) is 6.76. The zero-order chi connectivity index (χ0) is 12.7. The summed E-state index contributed by atoms with van der Waals surface area (Å²) in [4.78, 5) is 13.7. The fourth-order valence-electron chi connectivity index (χ4n) is 1.71. The highest BCUT2D eigenvalue weighted by atomic mass is 32.1. The molecule has 0 aliphatic heterocycles. The van der Waals surface area contributed by atoms with Gasteiger partial charge in [-0.05, 0) is 13.0 Å². The number of hydrogen-bond acceptors (Lipinski definition) is 6. The Morgan fingerprint density at radius 3 is 3.00 bits per heavy atom. The lowest BCUT2D eigenvalue weighted by atomic mass is 10.3. The van der Waals surface area contributed by atoms with Crippen LogP contribution in [0.3, 0.4) is 0 Å². The lowest BCUT2D eigenvalue weighted by Gasteiger charge is -1.97. The van der Waals surface area contributed by atoms with Crippen LogP contribution in [0.4, 0.5) is 5.00 Å². The second kappa shape index (κ2) is 4.14. The molecule has 0 unspecified atom stereocenters. The van der Waals surface area contributed by atoms with E-state index in [1.54, 1.807) is 4.68 Å². The maximum atomic E-state index is 12.0. The van der Waals surface area contributed by atoms with E-state index in [2.05, 4.69) is 20.0 Å². The Hall–Kier alpha value is -1.80. The molecular weight excluding hydrogens is 270 g/mol. The normalized spacial score (nSPS) is 11.0. The summed E-state index contributed by atoms with van der Waals surface area (Å²) in [6.45, 7) is 1.93. The fourth-order valence-corrected chi connectivity index (χ4v) is 3.15. The number of thiophene rings is 1. The molecule has 3 aromatic rings. The fraction of sp³-hybridized carbons (Fsp3) is 0.200. The summed E-state index contributed by atoms with van der Waals surface area (Å²) < 4.78 is 5.49. The molecule has 1 amide bonds. The predicted octanol–water partition coefficient (Wildman–Crippen LogP) is 2.05. The van der Waals surface area contributed by atoms with Crippen LogP contribution >= 0.6 is 22.9 Å². The van der Waals surface area contributed by atoms with Gasteiger partial charge in [0, 0.05) is 24.0 Å². The van der Waals surface area contributed by atoms with Crippen molar-refractivity contribution in [2.45, 2.75) is 6.92 Å². The zero-order valence-electron chi connectivity index (χ0n) is 9.67. The first-order valence-electron chi connectivity index (χ1n) is 5.17. The first kappa shape index (κ1) is 11.3. The number of carbonyl (C=O) groups excluding carboxylic acids is 1. The highest BCUT2D eigenvalue weighted by Gasteiger charge is 2.15. The van der Waals surface area contributed by atoms with Crippen LogP contribution in [0.15, 0.2) is 12.3 Å². The van der Waals surface area contributed by atoms with Crippen molar-refractivity contribution in [2.75, 3.05) is 5.32 Å². The molecule has 3 heterocycles. The van der Waals surface area contributed by atoms with E-state index in [-0.39, 0.29) is 5.91 Å². The van der Waals surface area contributed by atoms with Crippen molar-refractivity contribution < 1.29 is 4.79 Å². The molecule has 0 atom stereocenters. The average molecular weight is 279 g/mol. The van der Waals surface area contributed by atoms with Crippen molar-refractivity contribution in [2.24, 2.45) is 7.05 Å². The van der Waals surface area contributed by atoms with Gasteiger partial charge in [-0.15, -0.1) is 16.4 Å². The quantitative estimate of drug-likeness (QED) is 0.779. The molecule has 0 bridgehead atoms. The molecule has 0 aliphatic carbocycles. The number of fused-ring (bicyclic) bond motifs is 1. The van der Waals surface area contributed by atoms with Gasteiger partial charge >= 0.3 is 0 Å². The maximum absolute atomic E-state index is 12.0. The van der Waals surface area contributed by atoms with Gasteiger partial charge in [-0.1, -0.05) is 4.49 Å². The van der Waals surface area contributed by atoms with Crippen molar-refractivity contribution in [1.82, 2.24) is 19.4 Å². The molecule has 92 valence electrons. The first-order chi connectivity index (χ1) is 8.65. The third kappa shape index (κ3) is 1.79. The maximum Gasteiger partial charge on any atom is 0.266 e. The van der Waals surface area contributed by atoms with E-state index >= 15 is 0 Å². The lowest BCUT2D eigenvalue weighted by molar-refractivity contribution is 0.103. The van der Waals surface area contributed by atoms with Gasteiger partial charge in [0.1, 0.15) is 9.83 Å². The largest absolute Gasteiger partial charge is 0.310 e. The van der Waals surface area contributed by atoms with E-state index in [9.17, 15) is 4.79 Å². The second-order valence-electron chi connectivity index (χ2n) is 3.77. The molecule has 6 nitrogen and oxygen atoms in total. The van der Waals surface area contributed by atoms with Crippen LogP contribution in [0.2, 0.25) is 0 Å². The Morgan fingerprint density at radius 2 is 2.33 bits per heavy atom. The Bertz CT molecular complexity index is 678. The molecule has 0 aliphatic rings. The van der Waals surface area contributed by atoms with Gasteiger partial charge in [0.25, 0.3) is 5.91 Å². The summed E-state index contributed by atoms with van der Waals surface area (Å²) in [5.74, 6) is -0.137. The summed E-state index contributed by atoms with van der Waals surface area (Å²) in [6, 6.07) is 1.87. The molecule has 0 fully saturated rings. The van der Waals surface area contributed by atoms with E-state index in [4.69, 9.17) is 0 Å². The summed E-state index contributed by atoms with van der Waals surface area (Å²) >= 11 is 2.58. The molecule has 0 aromatic carbocycles. The summed E-state index contributed by atoms with van der Waals surface area (Å²) in [6.07, 6.45) is 1.53. The smallest absolute Gasteiger partial charge is 0.266 e. The minimum absolute atomic E-state index is 0.137. The average Bonchev–Trinajstić information content (AvgIpc) is 3.00. The number of hydrogen-bond donors (Lipinski definition) is 1. The summed E-state index contributed by atoms with van der Waals surface area (Å²) in [5, 5.41) is 12.4. The van der Waals surface area contributed by atoms with Crippen molar-refractivity contribution in [3.8, 4) is 0 Å². The number of anilines is 1. The number of aryl methyl sites for hydroxylation is 2. The second-order valence-corrected chi connectivity index (χ2v) is 5.59. The number of nitrogens with zero attached hydrogens (tertiary/aromatic N) is 4. The topological polar surface area (TPSA) is 72.7 Å². The van der Waals surface area contributed by atoms with E-state index in [0.29, 0.717) is 9.88 Å². The molecule has 3 rings (SSSR count). The summed E-state index contributed by atoms with van der Waals surface area (Å²) in [5.41, 5.74) is 0.933. The molecular formula is C10H9N5OS2. The molecule has 0 radical (unpaired) electrons. The van der Waals surface area contributed by atoms with Crippen LogP contribution in [-0.4, -0.2) is 25.3 Å². The Morgan fingerprint density at radius 1 is 1.50 bits per heavy atom. The van der Waals surface area contributed by atoms with Crippen LogP contribution in [0.5, 0.6) is 0 Å². The number of rotatable bonds is 2. The standard InChI is InChI=1S/C10H9N5OS2/c1-5-6-3-7(17-10(6)15(2)13-5)9(16)12-8-4-11-14-18-8/h3-4H,1-2H3,(H,12,16). The molecule has 8 heteroatoms. The van der Waals surface area contributed by atoms with Gasteiger partial charge in [0.05, 0.1) is 16.8 Å². The van der Waals surface area contributed by atoms with Crippen molar-refractivity contribution >= 4 is 44.0 Å². The Balaban J connectivity index is 1.94. The van der Waals surface area contributed by atoms with Crippen molar-refractivity contribution in [3.05, 3.63) is 22.8 Å². The van der Waals surface area contributed by atoms with Gasteiger partial charge in [-0.3, -0.25) is 9.48 Å². The van der Waals surface area contributed by atoms with E-state index < -0.39 is 0 Å². The van der Waals surface area contributed by atoms with E-state index in [1.165, 1.54) is 17.5 Å². The Labute approximate surface area is 110 Å². The van der Waals surface area contributed by atoms with Crippen LogP contribution < -0.4 is 5.32 Å².